The molecule has 1 aliphatic carbocycles. The molecular weight excluding hydrogens is 367 g/mol. The van der Waals surface area contributed by atoms with Gasteiger partial charge in [-0.2, -0.15) is 0 Å². The molecule has 2 atom stereocenters. The summed E-state index contributed by atoms with van der Waals surface area (Å²) in [7, 11) is 0. The van der Waals surface area contributed by atoms with Crippen LogP contribution in [0.3, 0.4) is 0 Å². The van der Waals surface area contributed by atoms with Crippen LogP contribution in [0.5, 0.6) is 5.75 Å². The number of nitrogens with zero attached hydrogens (tertiary/aromatic N) is 1. The lowest BCUT2D eigenvalue weighted by Crippen LogP contribution is -2.66. The molecule has 3 aromatic rings. The number of phenols is 1. The number of aromatic hydroxyl groups is 1. The number of piperidine rings is 1. The number of β-amino-alcohol motifs (C(OH)–C–C–N with tert-alkyl or cyclic N) is 1. The number of likely N-dealkylation sites (tertiary alicyclic amines) is 1. The first kappa shape index (κ1) is 18.4. The molecular formula is C24H25FN2O2. The van der Waals surface area contributed by atoms with Crippen molar-refractivity contribution >= 4 is 10.9 Å². The minimum Gasteiger partial charge on any atom is -0.508 e. The molecule has 150 valence electrons. The van der Waals surface area contributed by atoms with Gasteiger partial charge in [-0.1, -0.05) is 30.3 Å². The average Bonchev–Trinajstić information content (AvgIpc) is 3.04. The predicted octanol–water partition coefficient (Wildman–Crippen LogP) is 3.67. The van der Waals surface area contributed by atoms with Crippen LogP contribution < -0.4 is 0 Å². The van der Waals surface area contributed by atoms with Crippen molar-refractivity contribution < 1.29 is 14.6 Å². The van der Waals surface area contributed by atoms with Gasteiger partial charge in [0.15, 0.2) is 0 Å². The molecule has 1 saturated heterocycles. The van der Waals surface area contributed by atoms with E-state index in [0.29, 0.717) is 31.4 Å². The molecule has 0 amide bonds. The highest BCUT2D eigenvalue weighted by Gasteiger charge is 2.57. The number of phenolic OH excluding ortho intramolecular Hbond substituents is 1. The van der Waals surface area contributed by atoms with Gasteiger partial charge < -0.3 is 15.2 Å². The first-order valence-corrected chi connectivity index (χ1v) is 10.1. The second-order valence-electron chi connectivity index (χ2n) is 8.54. The minimum absolute atomic E-state index is 0.196. The number of aliphatic hydroxyl groups is 1. The van der Waals surface area contributed by atoms with E-state index >= 15 is 0 Å². The number of hydrogen-bond donors (Lipinski definition) is 3. The van der Waals surface area contributed by atoms with Gasteiger partial charge >= 0.3 is 0 Å². The van der Waals surface area contributed by atoms with E-state index < -0.39 is 11.0 Å². The number of aromatic nitrogens is 1. The number of fused-ring (bicyclic) bond motifs is 4. The summed E-state index contributed by atoms with van der Waals surface area (Å²) in [6.07, 6.45) is 3.63. The monoisotopic (exact) mass is 392 g/mol. The van der Waals surface area contributed by atoms with Gasteiger partial charge in [0.25, 0.3) is 0 Å². The first-order chi connectivity index (χ1) is 14.0. The van der Waals surface area contributed by atoms with Gasteiger partial charge in [-0.15, -0.1) is 6.58 Å². The van der Waals surface area contributed by atoms with Crippen molar-refractivity contribution in [2.75, 3.05) is 19.6 Å². The molecule has 1 fully saturated rings. The number of para-hydroxylation sites is 1. The Hall–Kier alpha value is -2.63. The maximum absolute atomic E-state index is 14.4. The van der Waals surface area contributed by atoms with Crippen LogP contribution in [0.15, 0.2) is 55.1 Å². The zero-order valence-electron chi connectivity index (χ0n) is 16.3. The molecule has 4 nitrogen and oxygen atoms in total. The lowest BCUT2D eigenvalue weighted by Gasteiger charge is -2.56. The second-order valence-corrected chi connectivity index (χ2v) is 8.54. The molecule has 3 N–H and O–H groups in total. The molecule has 0 unspecified atom stereocenters. The summed E-state index contributed by atoms with van der Waals surface area (Å²) < 4.78 is 14.4. The number of benzene rings is 2. The topological polar surface area (TPSA) is 59.5 Å². The van der Waals surface area contributed by atoms with Crippen LogP contribution in [-0.2, 0) is 18.3 Å². The zero-order chi connectivity index (χ0) is 20.2. The van der Waals surface area contributed by atoms with Crippen molar-refractivity contribution in [3.05, 3.63) is 77.8 Å². The van der Waals surface area contributed by atoms with E-state index in [0.717, 1.165) is 35.2 Å². The number of aromatic amines is 1. The van der Waals surface area contributed by atoms with Crippen molar-refractivity contribution in [1.29, 1.82) is 0 Å². The van der Waals surface area contributed by atoms with Crippen molar-refractivity contribution in [1.82, 2.24) is 9.88 Å². The molecule has 5 heteroatoms. The fourth-order valence-corrected chi connectivity index (χ4v) is 5.56. The van der Waals surface area contributed by atoms with Gasteiger partial charge in [-0.05, 0) is 42.3 Å². The van der Waals surface area contributed by atoms with Crippen molar-refractivity contribution in [2.45, 2.75) is 30.3 Å². The van der Waals surface area contributed by atoms with Gasteiger partial charge in [0.05, 0.1) is 11.1 Å². The molecule has 2 aliphatic rings. The van der Waals surface area contributed by atoms with E-state index in [1.54, 1.807) is 18.2 Å². The lowest BCUT2D eigenvalue weighted by molar-refractivity contribution is -0.100. The fraction of sp³-hybridized carbons (Fsp3) is 0.333. The van der Waals surface area contributed by atoms with E-state index in [4.69, 9.17) is 0 Å². The van der Waals surface area contributed by atoms with E-state index in [2.05, 4.69) is 16.5 Å². The standard InChI is InChI=1S/C24H25FN2O2/c1-2-10-27-11-9-23(16-5-3-6-17(28)12-16)14-21-19(13-24(23,29)15-27)18-7-4-8-20(25)22(18)26-21/h2-8,12,26,28-29H,1,9-11,13-15H2/t23-,24-/m0/s1. The molecule has 0 saturated carbocycles. The molecule has 2 aromatic carbocycles. The SMILES string of the molecule is C=CCN1CC[C@@]2(c3cccc(O)c3)Cc3[nH]c4c(F)cccc4c3C[C@]2(O)C1. The Morgan fingerprint density at radius 1 is 1.21 bits per heavy atom. The number of H-pyrrole nitrogens is 1. The van der Waals surface area contributed by atoms with Crippen molar-refractivity contribution in [3.8, 4) is 5.75 Å². The maximum Gasteiger partial charge on any atom is 0.147 e. The fourth-order valence-electron chi connectivity index (χ4n) is 5.56. The summed E-state index contributed by atoms with van der Waals surface area (Å²) in [6.45, 7) is 5.90. The summed E-state index contributed by atoms with van der Waals surface area (Å²) in [5.41, 5.74) is 1.84. The van der Waals surface area contributed by atoms with Crippen LogP contribution in [0.25, 0.3) is 10.9 Å². The molecule has 0 radical (unpaired) electrons. The molecule has 0 bridgehead atoms. The highest BCUT2D eigenvalue weighted by atomic mass is 19.1. The van der Waals surface area contributed by atoms with Crippen LogP contribution >= 0.6 is 0 Å². The zero-order valence-corrected chi connectivity index (χ0v) is 16.3. The Labute approximate surface area is 169 Å². The van der Waals surface area contributed by atoms with Crippen LogP contribution in [-0.4, -0.2) is 45.3 Å². The van der Waals surface area contributed by atoms with E-state index in [1.165, 1.54) is 6.07 Å². The molecule has 29 heavy (non-hydrogen) atoms. The number of nitrogens with one attached hydrogen (secondary N) is 1. The lowest BCUT2D eigenvalue weighted by atomic mass is 9.56. The van der Waals surface area contributed by atoms with Gasteiger partial charge in [-0.25, -0.2) is 4.39 Å². The van der Waals surface area contributed by atoms with Gasteiger partial charge in [0.1, 0.15) is 11.6 Å². The van der Waals surface area contributed by atoms with Gasteiger partial charge in [0.2, 0.25) is 0 Å². The Morgan fingerprint density at radius 2 is 2.03 bits per heavy atom. The Morgan fingerprint density at radius 3 is 2.83 bits per heavy atom. The van der Waals surface area contributed by atoms with E-state index in [9.17, 15) is 14.6 Å². The summed E-state index contributed by atoms with van der Waals surface area (Å²) in [4.78, 5) is 5.52. The highest BCUT2D eigenvalue weighted by molar-refractivity contribution is 5.86. The molecule has 0 spiro atoms. The smallest absolute Gasteiger partial charge is 0.147 e. The van der Waals surface area contributed by atoms with Crippen LogP contribution in [0.4, 0.5) is 4.39 Å². The minimum atomic E-state index is -1.03. The van der Waals surface area contributed by atoms with Crippen LogP contribution in [0, 0.1) is 5.82 Å². The quantitative estimate of drug-likeness (QED) is 0.596. The van der Waals surface area contributed by atoms with Gasteiger partial charge in [0, 0.05) is 42.4 Å². The van der Waals surface area contributed by atoms with Crippen LogP contribution in [0.2, 0.25) is 0 Å². The molecule has 1 aromatic heterocycles. The van der Waals surface area contributed by atoms with Crippen molar-refractivity contribution in [3.63, 3.8) is 0 Å². The second kappa shape index (κ2) is 6.44. The van der Waals surface area contributed by atoms with Crippen molar-refractivity contribution in [2.24, 2.45) is 0 Å². The molecule has 5 rings (SSSR count). The maximum atomic E-state index is 14.4. The van der Waals surface area contributed by atoms with E-state index in [-0.39, 0.29) is 11.6 Å². The third-order valence-corrected chi connectivity index (χ3v) is 6.94. The number of rotatable bonds is 3. The molecule has 1 aliphatic heterocycles. The number of hydrogen-bond acceptors (Lipinski definition) is 3. The summed E-state index contributed by atoms with van der Waals surface area (Å²) in [5.74, 6) is -0.0761. The third kappa shape index (κ3) is 2.65. The Bertz CT molecular complexity index is 1110. The summed E-state index contributed by atoms with van der Waals surface area (Å²) in [6, 6.07) is 12.3. The Balaban J connectivity index is 1.70. The molecule has 2 heterocycles. The number of halogens is 1. The van der Waals surface area contributed by atoms with E-state index in [1.807, 2.05) is 24.3 Å². The Kier molecular flexibility index (Phi) is 4.09. The average molecular weight is 392 g/mol. The predicted molar refractivity (Wildman–Crippen MR) is 112 cm³/mol. The largest absolute Gasteiger partial charge is 0.508 e. The summed E-state index contributed by atoms with van der Waals surface area (Å²) >= 11 is 0. The van der Waals surface area contributed by atoms with Crippen LogP contribution in [0.1, 0.15) is 23.2 Å². The first-order valence-electron chi connectivity index (χ1n) is 10.1. The van der Waals surface area contributed by atoms with Gasteiger partial charge in [-0.3, -0.25) is 4.90 Å². The summed E-state index contributed by atoms with van der Waals surface area (Å²) in [5, 5.41) is 23.1. The normalized spacial score (nSPS) is 26.8. The highest BCUT2D eigenvalue weighted by Crippen LogP contribution is 2.51. The third-order valence-electron chi connectivity index (χ3n) is 6.94.